The molecule has 0 saturated carbocycles. The zero-order chi connectivity index (χ0) is 9.84. The number of ether oxygens (including phenoxy) is 1. The lowest BCUT2D eigenvalue weighted by Gasteiger charge is -2.03. The summed E-state index contributed by atoms with van der Waals surface area (Å²) in [5, 5.41) is 0. The second kappa shape index (κ2) is 6.43. The van der Waals surface area contributed by atoms with E-state index >= 15 is 0 Å². The van der Waals surface area contributed by atoms with Gasteiger partial charge in [0.15, 0.2) is 0 Å². The third-order valence-corrected chi connectivity index (χ3v) is 2.27. The summed E-state index contributed by atoms with van der Waals surface area (Å²) in [6.45, 7) is 1.76. The largest absolute Gasteiger partial charge is 0.426 e. The Morgan fingerprint density at radius 2 is 1.79 bits per heavy atom. The molecule has 0 amide bonds. The number of halogens is 3. The Morgan fingerprint density at radius 3 is 2.21 bits per heavy atom. The summed E-state index contributed by atoms with van der Waals surface area (Å²) in [6.07, 6.45) is 0.379. The molecule has 0 bridgehead atoms. The number of carbonyl (C=O) groups is 1. The van der Waals surface area contributed by atoms with Crippen LogP contribution < -0.4 is 4.74 Å². The summed E-state index contributed by atoms with van der Waals surface area (Å²) in [6, 6.07) is 5.37. The van der Waals surface area contributed by atoms with Crippen LogP contribution in [0.3, 0.4) is 0 Å². The molecule has 0 atom stereocenters. The highest BCUT2D eigenvalue weighted by molar-refractivity contribution is 9.11. The Balaban J connectivity index is 0.00000169. The third kappa shape index (κ3) is 4.44. The first-order chi connectivity index (χ1) is 6.11. The fraction of sp³-hybridized carbons (Fsp3) is 0.222. The Morgan fingerprint density at radius 1 is 1.29 bits per heavy atom. The third-order valence-electron chi connectivity index (χ3n) is 1.36. The van der Waals surface area contributed by atoms with Crippen molar-refractivity contribution in [3.8, 4) is 5.75 Å². The molecule has 0 heterocycles. The molecule has 5 heteroatoms. The molecule has 0 radical (unpaired) electrons. The molecular formula is C9H9Br2ClO2. The Hall–Kier alpha value is -0.0600. The number of carbonyl (C=O) groups excluding carboxylic acids is 1. The molecule has 0 aliphatic rings. The fourth-order valence-electron chi connectivity index (χ4n) is 0.791. The maximum Gasteiger partial charge on any atom is 0.310 e. The van der Waals surface area contributed by atoms with Gasteiger partial charge in [-0.05, 0) is 18.2 Å². The van der Waals surface area contributed by atoms with Crippen molar-refractivity contribution in [3.63, 3.8) is 0 Å². The molecule has 1 rings (SSSR count). The minimum absolute atomic E-state index is 0. The summed E-state index contributed by atoms with van der Waals surface area (Å²) in [5.74, 6) is 0.318. The standard InChI is InChI=1S/C9H8Br2O2.ClH/c1-2-9(12)13-8-4-6(10)3-7(11)5-8;/h3-5H,2H2,1H3;1H. The molecule has 1 aromatic rings. The number of esters is 1. The average molecular weight is 344 g/mol. The van der Waals surface area contributed by atoms with Crippen LogP contribution in [0.4, 0.5) is 0 Å². The highest BCUT2D eigenvalue weighted by Crippen LogP contribution is 2.25. The first-order valence-electron chi connectivity index (χ1n) is 3.78. The summed E-state index contributed by atoms with van der Waals surface area (Å²) in [5.41, 5.74) is 0. The summed E-state index contributed by atoms with van der Waals surface area (Å²) < 4.78 is 6.78. The van der Waals surface area contributed by atoms with Crippen molar-refractivity contribution < 1.29 is 9.53 Å². The smallest absolute Gasteiger partial charge is 0.310 e. The summed E-state index contributed by atoms with van der Waals surface area (Å²) in [4.78, 5) is 11.0. The summed E-state index contributed by atoms with van der Waals surface area (Å²) >= 11 is 6.61. The maximum absolute atomic E-state index is 11.0. The molecule has 0 spiro atoms. The minimum Gasteiger partial charge on any atom is -0.426 e. The lowest BCUT2D eigenvalue weighted by molar-refractivity contribution is -0.134. The predicted molar refractivity (Wildman–Crippen MR) is 65.0 cm³/mol. The van der Waals surface area contributed by atoms with Crippen molar-refractivity contribution in [2.75, 3.05) is 0 Å². The highest BCUT2D eigenvalue weighted by atomic mass is 79.9. The number of hydrogen-bond donors (Lipinski definition) is 0. The Bertz CT molecular complexity index is 308. The van der Waals surface area contributed by atoms with Crippen LogP contribution in [0, 0.1) is 0 Å². The molecule has 0 aromatic heterocycles. The van der Waals surface area contributed by atoms with E-state index in [1.165, 1.54) is 0 Å². The van der Waals surface area contributed by atoms with Crippen molar-refractivity contribution in [1.29, 1.82) is 0 Å². The van der Waals surface area contributed by atoms with Crippen LogP contribution in [0.2, 0.25) is 0 Å². The molecule has 78 valence electrons. The molecule has 0 fully saturated rings. The van der Waals surface area contributed by atoms with E-state index in [0.717, 1.165) is 8.95 Å². The predicted octanol–water partition coefficient (Wildman–Crippen LogP) is 3.95. The molecule has 0 aliphatic carbocycles. The lowest BCUT2D eigenvalue weighted by Crippen LogP contribution is -2.05. The Labute approximate surface area is 106 Å². The molecule has 2 nitrogen and oxygen atoms in total. The van der Waals surface area contributed by atoms with Gasteiger partial charge in [0.05, 0.1) is 0 Å². The van der Waals surface area contributed by atoms with Crippen molar-refractivity contribution in [3.05, 3.63) is 27.1 Å². The van der Waals surface area contributed by atoms with E-state index in [-0.39, 0.29) is 18.4 Å². The molecule has 14 heavy (non-hydrogen) atoms. The van der Waals surface area contributed by atoms with E-state index in [2.05, 4.69) is 31.9 Å². The quantitative estimate of drug-likeness (QED) is 0.600. The molecule has 0 N–H and O–H groups in total. The van der Waals surface area contributed by atoms with Gasteiger partial charge in [-0.1, -0.05) is 38.8 Å². The monoisotopic (exact) mass is 342 g/mol. The van der Waals surface area contributed by atoms with E-state index in [1.54, 1.807) is 19.1 Å². The first kappa shape index (κ1) is 13.9. The number of benzene rings is 1. The normalized spacial score (nSPS) is 9.07. The summed E-state index contributed by atoms with van der Waals surface area (Å²) in [7, 11) is 0. The van der Waals surface area contributed by atoms with Crippen LogP contribution >= 0.6 is 44.3 Å². The fourth-order valence-corrected chi connectivity index (χ4v) is 2.04. The van der Waals surface area contributed by atoms with E-state index in [9.17, 15) is 4.79 Å². The zero-order valence-corrected chi connectivity index (χ0v) is 11.4. The highest BCUT2D eigenvalue weighted by Gasteiger charge is 2.03. The Kier molecular flexibility index (Phi) is 6.40. The average Bonchev–Trinajstić information content (AvgIpc) is 2.02. The first-order valence-corrected chi connectivity index (χ1v) is 5.37. The van der Waals surface area contributed by atoms with Gasteiger partial charge in [-0.2, -0.15) is 0 Å². The van der Waals surface area contributed by atoms with E-state index in [4.69, 9.17) is 4.74 Å². The van der Waals surface area contributed by atoms with Gasteiger partial charge in [0.2, 0.25) is 0 Å². The van der Waals surface area contributed by atoms with E-state index in [1.807, 2.05) is 6.07 Å². The number of rotatable bonds is 2. The van der Waals surface area contributed by atoms with Crippen molar-refractivity contribution in [2.24, 2.45) is 0 Å². The van der Waals surface area contributed by atoms with Gasteiger partial charge in [0, 0.05) is 15.4 Å². The van der Waals surface area contributed by atoms with Crippen molar-refractivity contribution in [2.45, 2.75) is 13.3 Å². The number of hydrogen-bond acceptors (Lipinski definition) is 2. The molecule has 0 unspecified atom stereocenters. The van der Waals surface area contributed by atoms with Gasteiger partial charge in [0.1, 0.15) is 5.75 Å². The topological polar surface area (TPSA) is 26.3 Å². The van der Waals surface area contributed by atoms with Crippen molar-refractivity contribution in [1.82, 2.24) is 0 Å². The van der Waals surface area contributed by atoms with Crippen LogP contribution in [-0.4, -0.2) is 5.97 Å². The zero-order valence-electron chi connectivity index (χ0n) is 7.42. The van der Waals surface area contributed by atoms with Gasteiger partial charge < -0.3 is 4.74 Å². The van der Waals surface area contributed by atoms with Gasteiger partial charge in [-0.3, -0.25) is 4.79 Å². The molecule has 1 aromatic carbocycles. The second-order valence-corrected chi connectivity index (χ2v) is 4.26. The van der Waals surface area contributed by atoms with Crippen molar-refractivity contribution >= 4 is 50.2 Å². The van der Waals surface area contributed by atoms with Crippen LogP contribution in [0.1, 0.15) is 13.3 Å². The van der Waals surface area contributed by atoms with E-state index in [0.29, 0.717) is 12.2 Å². The van der Waals surface area contributed by atoms with Gasteiger partial charge in [-0.25, -0.2) is 0 Å². The molecule has 0 aliphatic heterocycles. The maximum atomic E-state index is 11.0. The van der Waals surface area contributed by atoms with Crippen LogP contribution in [0.5, 0.6) is 5.75 Å². The minimum atomic E-state index is -0.231. The molecular weight excluding hydrogens is 335 g/mol. The SMILES string of the molecule is CCC(=O)Oc1cc(Br)cc(Br)c1.Cl. The lowest BCUT2D eigenvalue weighted by atomic mass is 10.3. The van der Waals surface area contributed by atoms with Gasteiger partial charge in [0.25, 0.3) is 0 Å². The second-order valence-electron chi connectivity index (χ2n) is 2.43. The van der Waals surface area contributed by atoms with Crippen LogP contribution in [-0.2, 0) is 4.79 Å². The van der Waals surface area contributed by atoms with Gasteiger partial charge >= 0.3 is 5.97 Å². The van der Waals surface area contributed by atoms with Gasteiger partial charge in [-0.15, -0.1) is 12.4 Å². The van der Waals surface area contributed by atoms with Crippen LogP contribution in [0.25, 0.3) is 0 Å². The van der Waals surface area contributed by atoms with E-state index < -0.39 is 0 Å². The van der Waals surface area contributed by atoms with Crippen LogP contribution in [0.15, 0.2) is 27.1 Å². The molecule has 0 saturated heterocycles.